The standard InChI is InChI=1S/C19H30FN5O.HI/c1-4-21-19(22-10-9-18(26)23-15(2)3)25-13-11-24(12-14-25)17-7-5-16(20)6-8-17;/h5-8,15H,4,9-14H2,1-3H3,(H,21,22)(H,23,26);1H. The van der Waals surface area contributed by atoms with Crippen molar-refractivity contribution >= 4 is 41.5 Å². The number of carbonyl (C=O) groups excluding carboxylic acids is 1. The first-order chi connectivity index (χ1) is 12.5. The molecule has 1 amide bonds. The first kappa shape index (κ1) is 23.5. The number of aliphatic imine (C=N–C) groups is 1. The van der Waals surface area contributed by atoms with Crippen molar-refractivity contribution in [1.82, 2.24) is 15.5 Å². The molecule has 1 aromatic carbocycles. The average Bonchev–Trinajstić information content (AvgIpc) is 2.61. The van der Waals surface area contributed by atoms with E-state index in [0.717, 1.165) is 44.4 Å². The van der Waals surface area contributed by atoms with Gasteiger partial charge < -0.3 is 20.4 Å². The lowest BCUT2D eigenvalue weighted by atomic mass is 10.2. The van der Waals surface area contributed by atoms with Crippen molar-refractivity contribution in [2.75, 3.05) is 44.2 Å². The lowest BCUT2D eigenvalue weighted by Crippen LogP contribution is -2.52. The molecule has 1 saturated heterocycles. The zero-order valence-corrected chi connectivity index (χ0v) is 18.7. The molecule has 0 saturated carbocycles. The van der Waals surface area contributed by atoms with Crippen LogP contribution in [0.2, 0.25) is 0 Å². The molecule has 1 aromatic rings. The van der Waals surface area contributed by atoms with E-state index >= 15 is 0 Å². The average molecular weight is 491 g/mol. The topological polar surface area (TPSA) is 60.0 Å². The van der Waals surface area contributed by atoms with E-state index in [1.165, 1.54) is 12.1 Å². The van der Waals surface area contributed by atoms with Crippen LogP contribution < -0.4 is 15.5 Å². The Morgan fingerprint density at radius 3 is 2.37 bits per heavy atom. The van der Waals surface area contributed by atoms with Gasteiger partial charge in [0.1, 0.15) is 5.82 Å². The third-order valence-corrected chi connectivity index (χ3v) is 4.16. The molecule has 1 heterocycles. The minimum Gasteiger partial charge on any atom is -0.368 e. The fourth-order valence-electron chi connectivity index (χ4n) is 2.91. The van der Waals surface area contributed by atoms with Crippen LogP contribution >= 0.6 is 24.0 Å². The van der Waals surface area contributed by atoms with E-state index in [0.29, 0.717) is 13.0 Å². The highest BCUT2D eigenvalue weighted by molar-refractivity contribution is 14.0. The van der Waals surface area contributed by atoms with Gasteiger partial charge in [-0.2, -0.15) is 0 Å². The van der Waals surface area contributed by atoms with E-state index in [2.05, 4.69) is 25.4 Å². The molecule has 152 valence electrons. The van der Waals surface area contributed by atoms with Gasteiger partial charge in [0.25, 0.3) is 0 Å². The second-order valence-corrected chi connectivity index (χ2v) is 6.66. The Bertz CT molecular complexity index is 601. The third kappa shape index (κ3) is 7.90. The number of benzene rings is 1. The predicted molar refractivity (Wildman–Crippen MR) is 119 cm³/mol. The number of anilines is 1. The Balaban J connectivity index is 0.00000364. The molecule has 0 radical (unpaired) electrons. The maximum atomic E-state index is 13.1. The Labute approximate surface area is 178 Å². The molecule has 0 aromatic heterocycles. The molecule has 2 rings (SSSR count). The van der Waals surface area contributed by atoms with Gasteiger partial charge in [0.05, 0.1) is 6.54 Å². The van der Waals surface area contributed by atoms with Crippen molar-refractivity contribution in [2.45, 2.75) is 33.2 Å². The molecule has 1 aliphatic heterocycles. The number of hydrogen-bond acceptors (Lipinski definition) is 3. The van der Waals surface area contributed by atoms with E-state index in [9.17, 15) is 9.18 Å². The highest BCUT2D eigenvalue weighted by atomic mass is 127. The number of piperazine rings is 1. The predicted octanol–water partition coefficient (Wildman–Crippen LogP) is 2.45. The first-order valence-corrected chi connectivity index (χ1v) is 9.32. The quantitative estimate of drug-likeness (QED) is 0.365. The van der Waals surface area contributed by atoms with Crippen molar-refractivity contribution in [2.24, 2.45) is 4.99 Å². The zero-order valence-electron chi connectivity index (χ0n) is 16.4. The van der Waals surface area contributed by atoms with Gasteiger partial charge in [0.15, 0.2) is 5.96 Å². The van der Waals surface area contributed by atoms with Gasteiger partial charge >= 0.3 is 0 Å². The maximum Gasteiger partial charge on any atom is 0.222 e. The van der Waals surface area contributed by atoms with Gasteiger partial charge in [-0.05, 0) is 45.0 Å². The summed E-state index contributed by atoms with van der Waals surface area (Å²) in [5.74, 6) is 0.666. The number of nitrogens with zero attached hydrogens (tertiary/aromatic N) is 3. The summed E-state index contributed by atoms with van der Waals surface area (Å²) in [5, 5.41) is 6.19. The van der Waals surface area contributed by atoms with Gasteiger partial charge in [0.2, 0.25) is 5.91 Å². The summed E-state index contributed by atoms with van der Waals surface area (Å²) in [6.45, 7) is 10.6. The molecule has 8 heteroatoms. The smallest absolute Gasteiger partial charge is 0.222 e. The fraction of sp³-hybridized carbons (Fsp3) is 0.579. The van der Waals surface area contributed by atoms with E-state index in [-0.39, 0.29) is 41.7 Å². The van der Waals surface area contributed by atoms with Crippen molar-refractivity contribution in [3.8, 4) is 0 Å². The largest absolute Gasteiger partial charge is 0.368 e. The molecule has 0 spiro atoms. The molecule has 27 heavy (non-hydrogen) atoms. The van der Waals surface area contributed by atoms with E-state index in [4.69, 9.17) is 0 Å². The minimum atomic E-state index is -0.213. The summed E-state index contributed by atoms with van der Waals surface area (Å²) in [5.41, 5.74) is 1.04. The van der Waals surface area contributed by atoms with Crippen molar-refractivity contribution in [1.29, 1.82) is 0 Å². The highest BCUT2D eigenvalue weighted by Crippen LogP contribution is 2.16. The van der Waals surface area contributed by atoms with Crippen LogP contribution in [0.15, 0.2) is 29.3 Å². The van der Waals surface area contributed by atoms with Crippen molar-refractivity contribution < 1.29 is 9.18 Å². The maximum absolute atomic E-state index is 13.1. The Morgan fingerprint density at radius 1 is 1.19 bits per heavy atom. The van der Waals surface area contributed by atoms with Crippen molar-refractivity contribution in [3.63, 3.8) is 0 Å². The summed E-state index contributed by atoms with van der Waals surface area (Å²) in [6.07, 6.45) is 0.391. The minimum absolute atomic E-state index is 0. The molecular weight excluding hydrogens is 460 g/mol. The molecule has 0 atom stereocenters. The molecule has 0 unspecified atom stereocenters. The van der Waals surface area contributed by atoms with Crippen LogP contribution in [0, 0.1) is 5.82 Å². The Hall–Kier alpha value is -1.58. The lowest BCUT2D eigenvalue weighted by Gasteiger charge is -2.37. The zero-order chi connectivity index (χ0) is 18.9. The van der Waals surface area contributed by atoms with Crippen LogP contribution in [0.25, 0.3) is 0 Å². The van der Waals surface area contributed by atoms with Crippen LogP contribution in [0.4, 0.5) is 10.1 Å². The first-order valence-electron chi connectivity index (χ1n) is 9.32. The molecular formula is C19H31FIN5O. The highest BCUT2D eigenvalue weighted by Gasteiger charge is 2.19. The molecule has 1 aliphatic rings. The number of hydrogen-bond donors (Lipinski definition) is 2. The summed E-state index contributed by atoms with van der Waals surface area (Å²) in [4.78, 5) is 20.8. The van der Waals surface area contributed by atoms with Crippen molar-refractivity contribution in [3.05, 3.63) is 30.1 Å². The molecule has 2 N–H and O–H groups in total. The van der Waals surface area contributed by atoms with Gasteiger partial charge in [-0.25, -0.2) is 4.39 Å². The van der Waals surface area contributed by atoms with Crippen LogP contribution in [-0.4, -0.2) is 62.1 Å². The van der Waals surface area contributed by atoms with E-state index in [1.54, 1.807) is 0 Å². The fourth-order valence-corrected chi connectivity index (χ4v) is 2.91. The summed E-state index contributed by atoms with van der Waals surface area (Å²) < 4.78 is 13.1. The van der Waals surface area contributed by atoms with Gasteiger partial charge in [-0.15, -0.1) is 24.0 Å². The number of halogens is 2. The van der Waals surface area contributed by atoms with Crippen LogP contribution in [0.3, 0.4) is 0 Å². The lowest BCUT2D eigenvalue weighted by molar-refractivity contribution is -0.121. The van der Waals surface area contributed by atoms with Gasteiger partial charge in [0, 0.05) is 50.9 Å². The van der Waals surface area contributed by atoms with Crippen LogP contribution in [0.1, 0.15) is 27.2 Å². The second kappa shape index (κ2) is 12.0. The van der Waals surface area contributed by atoms with Gasteiger partial charge in [-0.3, -0.25) is 9.79 Å². The summed E-state index contributed by atoms with van der Waals surface area (Å²) in [6, 6.07) is 6.78. The SMILES string of the molecule is CCNC(=NCCC(=O)NC(C)C)N1CCN(c2ccc(F)cc2)CC1.I. The monoisotopic (exact) mass is 491 g/mol. The summed E-state index contributed by atoms with van der Waals surface area (Å²) in [7, 11) is 0. The van der Waals surface area contributed by atoms with E-state index < -0.39 is 0 Å². The van der Waals surface area contributed by atoms with E-state index in [1.807, 2.05) is 32.9 Å². The number of amides is 1. The Morgan fingerprint density at radius 2 is 1.81 bits per heavy atom. The summed E-state index contributed by atoms with van der Waals surface area (Å²) >= 11 is 0. The Kier molecular flexibility index (Phi) is 10.4. The number of guanidine groups is 1. The van der Waals surface area contributed by atoms with Gasteiger partial charge in [-0.1, -0.05) is 0 Å². The molecule has 0 bridgehead atoms. The van der Waals surface area contributed by atoms with Crippen LogP contribution in [0.5, 0.6) is 0 Å². The molecule has 1 fully saturated rings. The third-order valence-electron chi connectivity index (χ3n) is 4.16. The number of rotatable bonds is 6. The molecule has 0 aliphatic carbocycles. The number of carbonyl (C=O) groups is 1. The second-order valence-electron chi connectivity index (χ2n) is 6.66. The van der Waals surface area contributed by atoms with Crippen LogP contribution in [-0.2, 0) is 4.79 Å². The number of nitrogens with one attached hydrogen (secondary N) is 2. The normalized spacial score (nSPS) is 14.8. The molecule has 6 nitrogen and oxygen atoms in total.